The molecule has 1 rings (SSSR count). The fourth-order valence-corrected chi connectivity index (χ4v) is 2.24. The third-order valence-electron chi connectivity index (χ3n) is 3.78. The third kappa shape index (κ3) is 2.55. The van der Waals surface area contributed by atoms with Crippen LogP contribution < -0.4 is 0 Å². The first-order valence-electron chi connectivity index (χ1n) is 5.74. The molecule has 0 atom stereocenters. The van der Waals surface area contributed by atoms with Gasteiger partial charge in [0.15, 0.2) is 0 Å². The Morgan fingerprint density at radius 1 is 1.35 bits per heavy atom. The zero-order chi connectivity index (χ0) is 13.3. The number of nitrogens with zero attached hydrogens (tertiary/aromatic N) is 1. The van der Waals surface area contributed by atoms with Crippen molar-refractivity contribution in [3.8, 4) is 0 Å². The van der Waals surface area contributed by atoms with Crippen LogP contribution in [-0.4, -0.2) is 36.2 Å². The lowest BCUT2D eigenvalue weighted by Gasteiger charge is -2.27. The monoisotopic (exact) mass is 255 g/mol. The number of hydrogen-bond donors (Lipinski definition) is 0. The van der Waals surface area contributed by atoms with E-state index in [1.165, 1.54) is 0 Å². The Labute approximate surface area is 98.0 Å². The summed E-state index contributed by atoms with van der Waals surface area (Å²) < 4.78 is 50.0. The smallest absolute Gasteiger partial charge is 0.337 e. The van der Waals surface area contributed by atoms with Crippen LogP contribution in [0.15, 0.2) is 0 Å². The van der Waals surface area contributed by atoms with Gasteiger partial charge in [-0.15, -0.1) is 0 Å². The second-order valence-electron chi connectivity index (χ2n) is 4.61. The number of hydrogen-bond acceptors (Lipinski definition) is 1. The van der Waals surface area contributed by atoms with Crippen molar-refractivity contribution < 1.29 is 22.4 Å². The zero-order valence-corrected chi connectivity index (χ0v) is 9.98. The van der Waals surface area contributed by atoms with Gasteiger partial charge in [-0.2, -0.15) is 8.78 Å². The summed E-state index contributed by atoms with van der Waals surface area (Å²) in [5.74, 6) is -6.30. The molecule has 0 aliphatic carbocycles. The molecule has 0 aromatic rings. The Morgan fingerprint density at radius 2 is 1.88 bits per heavy atom. The van der Waals surface area contributed by atoms with Gasteiger partial charge in [-0.25, -0.2) is 8.78 Å². The van der Waals surface area contributed by atoms with Crippen LogP contribution in [0.1, 0.15) is 33.1 Å². The van der Waals surface area contributed by atoms with Gasteiger partial charge < -0.3 is 4.90 Å². The Hall–Kier alpha value is -0.810. The summed E-state index contributed by atoms with van der Waals surface area (Å²) in [6, 6.07) is 0. The molecule has 2 nitrogen and oxygen atoms in total. The maximum Gasteiger partial charge on any atom is 0.383 e. The van der Waals surface area contributed by atoms with Crippen LogP contribution in [0.2, 0.25) is 0 Å². The maximum absolute atomic E-state index is 12.9. The molecular weight excluding hydrogens is 238 g/mol. The van der Waals surface area contributed by atoms with Crippen molar-refractivity contribution in [1.29, 1.82) is 0 Å². The molecule has 1 aliphatic heterocycles. The number of carbonyl (C=O) groups is 1. The normalized spacial score (nSPS) is 20.1. The number of carbonyl (C=O) groups excluding carboxylic acids is 1. The number of likely N-dealkylation sites (tertiary alicyclic amines) is 1. The minimum absolute atomic E-state index is 0.142. The van der Waals surface area contributed by atoms with Crippen LogP contribution in [0.25, 0.3) is 0 Å². The average Bonchev–Trinajstić information content (AvgIpc) is 2.72. The second kappa shape index (κ2) is 4.82. The molecule has 100 valence electrons. The molecule has 17 heavy (non-hydrogen) atoms. The minimum atomic E-state index is -4.56. The average molecular weight is 255 g/mol. The van der Waals surface area contributed by atoms with Crippen LogP contribution in [0.4, 0.5) is 17.6 Å². The SMILES string of the molecule is CCC1(CC)CCN(C(=O)C(F)(F)C(F)F)C1. The molecule has 1 amide bonds. The first kappa shape index (κ1) is 14.3. The molecule has 0 unspecified atom stereocenters. The fourth-order valence-electron chi connectivity index (χ4n) is 2.24. The van der Waals surface area contributed by atoms with Crippen molar-refractivity contribution in [2.75, 3.05) is 13.1 Å². The van der Waals surface area contributed by atoms with Crippen LogP contribution in [0.5, 0.6) is 0 Å². The van der Waals surface area contributed by atoms with Crippen molar-refractivity contribution in [2.45, 2.75) is 45.5 Å². The highest BCUT2D eigenvalue weighted by Crippen LogP contribution is 2.39. The molecule has 0 aromatic carbocycles. The zero-order valence-electron chi connectivity index (χ0n) is 9.98. The highest BCUT2D eigenvalue weighted by Gasteiger charge is 2.53. The fraction of sp³-hybridized carbons (Fsp3) is 0.909. The summed E-state index contributed by atoms with van der Waals surface area (Å²) in [6.45, 7) is 4.13. The van der Waals surface area contributed by atoms with E-state index in [4.69, 9.17) is 0 Å². The lowest BCUT2D eigenvalue weighted by atomic mass is 9.82. The Balaban J connectivity index is 2.75. The Morgan fingerprint density at radius 3 is 2.24 bits per heavy atom. The number of amides is 1. The molecule has 0 N–H and O–H groups in total. The summed E-state index contributed by atoms with van der Waals surface area (Å²) in [7, 11) is 0. The van der Waals surface area contributed by atoms with Crippen molar-refractivity contribution in [3.05, 3.63) is 0 Å². The van der Waals surface area contributed by atoms with Crippen LogP contribution in [0, 0.1) is 5.41 Å². The molecule has 1 heterocycles. The highest BCUT2D eigenvalue weighted by atomic mass is 19.3. The first-order valence-corrected chi connectivity index (χ1v) is 5.74. The third-order valence-corrected chi connectivity index (χ3v) is 3.78. The van der Waals surface area contributed by atoms with Gasteiger partial charge in [0.2, 0.25) is 0 Å². The molecular formula is C11H17F4NO. The van der Waals surface area contributed by atoms with E-state index >= 15 is 0 Å². The van der Waals surface area contributed by atoms with E-state index in [1.54, 1.807) is 0 Å². The van der Waals surface area contributed by atoms with Gasteiger partial charge in [-0.1, -0.05) is 13.8 Å². The predicted octanol–water partition coefficient (Wildman–Crippen LogP) is 2.93. The molecule has 1 saturated heterocycles. The van der Waals surface area contributed by atoms with Gasteiger partial charge in [0, 0.05) is 13.1 Å². The van der Waals surface area contributed by atoms with Crippen LogP contribution >= 0.6 is 0 Å². The second-order valence-corrected chi connectivity index (χ2v) is 4.61. The van der Waals surface area contributed by atoms with Gasteiger partial charge in [0.1, 0.15) is 0 Å². The summed E-state index contributed by atoms with van der Waals surface area (Å²) >= 11 is 0. The van der Waals surface area contributed by atoms with E-state index in [2.05, 4.69) is 0 Å². The summed E-state index contributed by atoms with van der Waals surface area (Å²) in [6.07, 6.45) is -1.82. The van der Waals surface area contributed by atoms with Gasteiger partial charge >= 0.3 is 12.3 Å². The number of halogens is 4. The van der Waals surface area contributed by atoms with Gasteiger partial charge in [-0.3, -0.25) is 4.79 Å². The Bertz CT molecular complexity index is 289. The van der Waals surface area contributed by atoms with Crippen molar-refractivity contribution in [3.63, 3.8) is 0 Å². The molecule has 0 aromatic heterocycles. The van der Waals surface area contributed by atoms with Crippen molar-refractivity contribution >= 4 is 5.91 Å². The summed E-state index contributed by atoms with van der Waals surface area (Å²) in [5.41, 5.74) is -0.187. The molecule has 6 heteroatoms. The molecule has 0 radical (unpaired) electrons. The highest BCUT2D eigenvalue weighted by molar-refractivity contribution is 5.84. The van der Waals surface area contributed by atoms with Crippen LogP contribution in [0.3, 0.4) is 0 Å². The lowest BCUT2D eigenvalue weighted by Crippen LogP contribution is -2.47. The molecule has 0 saturated carbocycles. The topological polar surface area (TPSA) is 20.3 Å². The summed E-state index contributed by atoms with van der Waals surface area (Å²) in [4.78, 5) is 12.2. The van der Waals surface area contributed by atoms with Gasteiger partial charge in [-0.05, 0) is 24.7 Å². The van der Waals surface area contributed by atoms with E-state index in [0.717, 1.165) is 17.7 Å². The molecule has 0 bridgehead atoms. The number of alkyl halides is 4. The van der Waals surface area contributed by atoms with Gasteiger partial charge in [0.25, 0.3) is 5.91 Å². The van der Waals surface area contributed by atoms with E-state index in [-0.39, 0.29) is 18.5 Å². The molecule has 1 aliphatic rings. The van der Waals surface area contributed by atoms with E-state index in [1.807, 2.05) is 13.8 Å². The minimum Gasteiger partial charge on any atom is -0.337 e. The van der Waals surface area contributed by atoms with E-state index in [0.29, 0.717) is 6.42 Å². The number of rotatable bonds is 4. The predicted molar refractivity (Wildman–Crippen MR) is 55.2 cm³/mol. The van der Waals surface area contributed by atoms with E-state index < -0.39 is 18.3 Å². The van der Waals surface area contributed by atoms with Gasteiger partial charge in [0.05, 0.1) is 0 Å². The molecule has 0 spiro atoms. The Kier molecular flexibility index (Phi) is 4.04. The van der Waals surface area contributed by atoms with Crippen molar-refractivity contribution in [2.24, 2.45) is 5.41 Å². The quantitative estimate of drug-likeness (QED) is 0.707. The van der Waals surface area contributed by atoms with Crippen LogP contribution in [-0.2, 0) is 4.79 Å². The largest absolute Gasteiger partial charge is 0.383 e. The summed E-state index contributed by atoms with van der Waals surface area (Å²) in [5, 5.41) is 0. The lowest BCUT2D eigenvalue weighted by molar-refractivity contribution is -0.179. The standard InChI is InChI=1S/C11H17F4NO/c1-3-10(4-2)5-6-16(7-10)9(17)11(14,15)8(12)13/h8H,3-7H2,1-2H3. The maximum atomic E-state index is 12.9. The van der Waals surface area contributed by atoms with Crippen molar-refractivity contribution in [1.82, 2.24) is 4.90 Å². The van der Waals surface area contributed by atoms with E-state index in [9.17, 15) is 22.4 Å². The molecule has 1 fully saturated rings. The first-order chi connectivity index (χ1) is 7.79.